The third kappa shape index (κ3) is 4.24. The highest BCUT2D eigenvalue weighted by Gasteiger charge is 2.25. The summed E-state index contributed by atoms with van der Waals surface area (Å²) in [4.78, 5) is 15.0. The van der Waals surface area contributed by atoms with Crippen molar-refractivity contribution in [2.75, 3.05) is 44.6 Å². The predicted molar refractivity (Wildman–Crippen MR) is 110 cm³/mol. The van der Waals surface area contributed by atoms with Gasteiger partial charge in [-0.1, -0.05) is 24.3 Å². The number of carbonyl (C=O) groups excluding carboxylic acids is 1. The Bertz CT molecular complexity index is 786. The van der Waals surface area contributed by atoms with E-state index in [-0.39, 0.29) is 18.2 Å². The van der Waals surface area contributed by atoms with Crippen molar-refractivity contribution in [3.05, 3.63) is 65.2 Å². The van der Waals surface area contributed by atoms with Crippen LogP contribution in [0.5, 0.6) is 0 Å². The average molecular weight is 382 g/mol. The van der Waals surface area contributed by atoms with Crippen molar-refractivity contribution in [1.29, 1.82) is 0 Å². The lowest BCUT2D eigenvalue weighted by molar-refractivity contribution is -0.369. The standard InChI is InChI=1S/C21H28N6O/c22-9-13-27-14-12-25-20(27)16-1-3-17(4-2-16)21(28)26-18-7-5-15(6-8-18)19-23-10-11-24-19/h1-8,19-20,23-25H,9-14,22H2,(H,26,28)/p+1/t20-/m1/s1. The molecule has 0 saturated carbocycles. The van der Waals surface area contributed by atoms with E-state index in [0.717, 1.165) is 45.0 Å². The maximum atomic E-state index is 12.6. The minimum absolute atomic E-state index is 0.0922. The Morgan fingerprint density at radius 2 is 1.64 bits per heavy atom. The summed E-state index contributed by atoms with van der Waals surface area (Å²) < 4.78 is 0. The number of hydrogen-bond acceptors (Lipinski definition) is 5. The molecule has 0 radical (unpaired) electrons. The van der Waals surface area contributed by atoms with Crippen LogP contribution in [0, 0.1) is 0 Å². The molecule has 2 fully saturated rings. The highest BCUT2D eigenvalue weighted by Crippen LogP contribution is 2.22. The van der Waals surface area contributed by atoms with Gasteiger partial charge in [0.05, 0.1) is 18.9 Å². The van der Waals surface area contributed by atoms with Gasteiger partial charge in [0.1, 0.15) is 0 Å². The van der Waals surface area contributed by atoms with E-state index in [1.165, 1.54) is 11.1 Å². The van der Waals surface area contributed by atoms with Crippen molar-refractivity contribution in [2.24, 2.45) is 0 Å². The normalized spacial score (nSPS) is 20.5. The van der Waals surface area contributed by atoms with Gasteiger partial charge < -0.3 is 11.1 Å². The molecule has 7 N–H and O–H groups in total. The summed E-state index contributed by atoms with van der Waals surface area (Å²) in [5.41, 5.74) is 7.77. The van der Waals surface area contributed by atoms with E-state index in [1.54, 1.807) is 0 Å². The lowest BCUT2D eigenvalue weighted by Crippen LogP contribution is -2.55. The van der Waals surface area contributed by atoms with E-state index >= 15 is 0 Å². The van der Waals surface area contributed by atoms with Crippen LogP contribution in [0.1, 0.15) is 33.8 Å². The van der Waals surface area contributed by atoms with Gasteiger partial charge >= 0.3 is 0 Å². The maximum Gasteiger partial charge on any atom is 0.255 e. The van der Waals surface area contributed by atoms with Crippen molar-refractivity contribution in [3.8, 4) is 0 Å². The first-order valence-corrected chi connectivity index (χ1v) is 9.99. The Labute approximate surface area is 165 Å². The number of nitrogens with zero attached hydrogens (tertiary/aromatic N) is 1. The fraction of sp³-hybridized carbons (Fsp3) is 0.381. The molecule has 7 heteroatoms. The molecule has 0 aromatic heterocycles. The summed E-state index contributed by atoms with van der Waals surface area (Å²) in [6.45, 7) is 5.83. The second kappa shape index (κ2) is 8.81. The summed E-state index contributed by atoms with van der Waals surface area (Å²) >= 11 is 0. The average Bonchev–Trinajstić information content (AvgIpc) is 3.41. The topological polar surface area (TPSA) is 96.1 Å². The van der Waals surface area contributed by atoms with Crippen molar-refractivity contribution in [3.63, 3.8) is 0 Å². The number of benzene rings is 2. The number of anilines is 1. The molecule has 28 heavy (non-hydrogen) atoms. The smallest absolute Gasteiger partial charge is 0.255 e. The highest BCUT2D eigenvalue weighted by atomic mass is 16.1. The SMILES string of the molecule is [NH3+]CCN1CCN[C@H]1c1ccc(C(=O)Nc2ccc(C3NCCN3)cc2)cc1. The first-order valence-electron chi connectivity index (χ1n) is 9.99. The lowest BCUT2D eigenvalue weighted by atomic mass is 10.1. The Kier molecular flexibility index (Phi) is 5.99. The number of hydrogen-bond donors (Lipinski definition) is 5. The second-order valence-corrected chi connectivity index (χ2v) is 7.29. The fourth-order valence-electron chi connectivity index (χ4n) is 3.90. The molecule has 0 unspecified atom stereocenters. The van der Waals surface area contributed by atoms with Gasteiger partial charge in [-0.15, -0.1) is 0 Å². The predicted octanol–water partition coefficient (Wildman–Crippen LogP) is 0.276. The molecular formula is C21H29N6O+. The highest BCUT2D eigenvalue weighted by molar-refractivity contribution is 6.04. The minimum atomic E-state index is -0.0922. The summed E-state index contributed by atoms with van der Waals surface area (Å²) in [5, 5.41) is 13.3. The summed E-state index contributed by atoms with van der Waals surface area (Å²) in [7, 11) is 0. The number of nitrogens with one attached hydrogen (secondary N) is 4. The van der Waals surface area contributed by atoms with E-state index < -0.39 is 0 Å². The van der Waals surface area contributed by atoms with Crippen LogP contribution in [0.25, 0.3) is 0 Å². The van der Waals surface area contributed by atoms with Crippen LogP contribution in [0.15, 0.2) is 48.5 Å². The van der Waals surface area contributed by atoms with Gasteiger partial charge in [0.2, 0.25) is 0 Å². The van der Waals surface area contributed by atoms with E-state index in [1.807, 2.05) is 48.5 Å². The van der Waals surface area contributed by atoms with Crippen LogP contribution in [0.4, 0.5) is 5.69 Å². The Morgan fingerprint density at radius 1 is 0.964 bits per heavy atom. The zero-order chi connectivity index (χ0) is 19.3. The molecule has 2 aliphatic rings. The molecule has 0 bridgehead atoms. The molecule has 0 aliphatic carbocycles. The van der Waals surface area contributed by atoms with Crippen molar-refractivity contribution in [1.82, 2.24) is 20.9 Å². The van der Waals surface area contributed by atoms with E-state index in [2.05, 4.69) is 31.9 Å². The van der Waals surface area contributed by atoms with Crippen molar-refractivity contribution < 1.29 is 10.5 Å². The summed E-state index contributed by atoms with van der Waals surface area (Å²) in [5.74, 6) is -0.0922. The van der Waals surface area contributed by atoms with Crippen molar-refractivity contribution >= 4 is 11.6 Å². The van der Waals surface area contributed by atoms with Crippen LogP contribution in [0.3, 0.4) is 0 Å². The van der Waals surface area contributed by atoms with Crippen LogP contribution in [-0.2, 0) is 0 Å². The molecule has 0 spiro atoms. The van der Waals surface area contributed by atoms with Gasteiger partial charge in [-0.3, -0.25) is 25.6 Å². The molecule has 1 atom stereocenters. The van der Waals surface area contributed by atoms with E-state index in [4.69, 9.17) is 0 Å². The molecule has 4 rings (SSSR count). The molecular weight excluding hydrogens is 352 g/mol. The zero-order valence-electron chi connectivity index (χ0n) is 16.1. The quantitative estimate of drug-likeness (QED) is 0.495. The first kappa shape index (κ1) is 19.0. The molecule has 2 aromatic carbocycles. The Morgan fingerprint density at radius 3 is 2.32 bits per heavy atom. The molecule has 1 amide bonds. The molecule has 7 nitrogen and oxygen atoms in total. The fourth-order valence-corrected chi connectivity index (χ4v) is 3.90. The Hall–Kier alpha value is -2.29. The first-order chi connectivity index (χ1) is 13.7. The largest absolute Gasteiger partial charge is 0.356 e. The third-order valence-corrected chi connectivity index (χ3v) is 5.36. The van der Waals surface area contributed by atoms with Crippen LogP contribution < -0.4 is 27.0 Å². The second-order valence-electron chi connectivity index (χ2n) is 7.29. The number of rotatable bonds is 6. The maximum absolute atomic E-state index is 12.6. The molecule has 2 saturated heterocycles. The molecule has 2 aromatic rings. The van der Waals surface area contributed by atoms with E-state index in [9.17, 15) is 4.79 Å². The molecule has 2 aliphatic heterocycles. The van der Waals surface area contributed by atoms with Crippen molar-refractivity contribution in [2.45, 2.75) is 12.3 Å². The van der Waals surface area contributed by atoms with Crippen LogP contribution >= 0.6 is 0 Å². The van der Waals surface area contributed by atoms with E-state index in [0.29, 0.717) is 5.56 Å². The third-order valence-electron chi connectivity index (χ3n) is 5.36. The van der Waals surface area contributed by atoms with Gasteiger partial charge in [-0.25, -0.2) is 0 Å². The van der Waals surface area contributed by atoms with Crippen LogP contribution in [-0.4, -0.2) is 50.1 Å². The minimum Gasteiger partial charge on any atom is -0.356 e. The molecule has 2 heterocycles. The number of quaternary nitrogens is 1. The molecule has 148 valence electrons. The van der Waals surface area contributed by atoms with Gasteiger partial charge in [-0.2, -0.15) is 0 Å². The lowest BCUT2D eigenvalue weighted by Gasteiger charge is -2.23. The van der Waals surface area contributed by atoms with Crippen LogP contribution in [0.2, 0.25) is 0 Å². The number of amides is 1. The Balaban J connectivity index is 1.38. The van der Waals surface area contributed by atoms with Gasteiger partial charge in [0.25, 0.3) is 5.91 Å². The summed E-state index contributed by atoms with van der Waals surface area (Å²) in [6.07, 6.45) is 0.411. The van der Waals surface area contributed by atoms with Gasteiger partial charge in [-0.05, 0) is 35.4 Å². The van der Waals surface area contributed by atoms with Gasteiger partial charge in [0.15, 0.2) is 0 Å². The van der Waals surface area contributed by atoms with Gasteiger partial charge in [0, 0.05) is 44.0 Å². The monoisotopic (exact) mass is 381 g/mol. The zero-order valence-corrected chi connectivity index (χ0v) is 16.1. The summed E-state index contributed by atoms with van der Waals surface area (Å²) in [6, 6.07) is 15.8. The number of carbonyl (C=O) groups is 1.